The Kier molecular flexibility index (Phi) is 5.63. The van der Waals surface area contributed by atoms with E-state index in [9.17, 15) is 0 Å². The van der Waals surface area contributed by atoms with Crippen LogP contribution in [0.1, 0.15) is 51.4 Å². The van der Waals surface area contributed by atoms with Gasteiger partial charge in [-0.25, -0.2) is 0 Å². The Morgan fingerprint density at radius 2 is 1.90 bits per heavy atom. The molecule has 0 amide bonds. The molecule has 2 aromatic rings. The van der Waals surface area contributed by atoms with Gasteiger partial charge in [0.15, 0.2) is 0 Å². The highest BCUT2D eigenvalue weighted by molar-refractivity contribution is 5.58. The van der Waals surface area contributed by atoms with E-state index in [0.29, 0.717) is 12.0 Å². The van der Waals surface area contributed by atoms with E-state index in [2.05, 4.69) is 69.4 Å². The monoisotopic (exact) mass is 285 g/mol. The van der Waals surface area contributed by atoms with Crippen LogP contribution in [0.25, 0.3) is 11.3 Å². The molecule has 1 aromatic carbocycles. The average Bonchev–Trinajstić information content (AvgIpc) is 2.93. The number of benzene rings is 1. The summed E-state index contributed by atoms with van der Waals surface area (Å²) in [5, 5.41) is 3.49. The zero-order chi connectivity index (χ0) is 15.2. The molecule has 0 aliphatic rings. The van der Waals surface area contributed by atoms with Gasteiger partial charge in [0.05, 0.1) is 0 Å². The summed E-state index contributed by atoms with van der Waals surface area (Å²) in [6.45, 7) is 9.89. The van der Waals surface area contributed by atoms with Crippen LogP contribution in [-0.2, 0) is 6.42 Å². The Balaban J connectivity index is 2.07. The van der Waals surface area contributed by atoms with Gasteiger partial charge in [0, 0.05) is 18.0 Å². The van der Waals surface area contributed by atoms with Gasteiger partial charge in [-0.15, -0.1) is 0 Å². The van der Waals surface area contributed by atoms with E-state index in [1.807, 2.05) is 0 Å². The second-order valence-corrected chi connectivity index (χ2v) is 6.11. The van der Waals surface area contributed by atoms with Crippen molar-refractivity contribution in [2.75, 3.05) is 6.54 Å². The minimum atomic E-state index is 0.450. The third-order valence-electron chi connectivity index (χ3n) is 3.75. The third-order valence-corrected chi connectivity index (χ3v) is 3.75. The molecule has 0 fully saturated rings. The predicted octanol–water partition coefficient (Wildman–Crippen LogP) is 5.00. The Morgan fingerprint density at radius 3 is 2.62 bits per heavy atom. The van der Waals surface area contributed by atoms with Crippen LogP contribution in [0.15, 0.2) is 40.8 Å². The van der Waals surface area contributed by atoms with Gasteiger partial charge in [0.2, 0.25) is 0 Å². The summed E-state index contributed by atoms with van der Waals surface area (Å²) in [4.78, 5) is 0. The smallest absolute Gasteiger partial charge is 0.134 e. The van der Waals surface area contributed by atoms with E-state index >= 15 is 0 Å². The van der Waals surface area contributed by atoms with Crippen molar-refractivity contribution in [1.29, 1.82) is 0 Å². The predicted molar refractivity (Wildman–Crippen MR) is 89.7 cm³/mol. The van der Waals surface area contributed by atoms with Crippen LogP contribution in [0, 0.1) is 0 Å². The molecule has 0 bridgehead atoms. The first-order valence-electron chi connectivity index (χ1n) is 8.02. The molecule has 1 atom stereocenters. The van der Waals surface area contributed by atoms with Crippen LogP contribution in [0.5, 0.6) is 0 Å². The topological polar surface area (TPSA) is 25.2 Å². The van der Waals surface area contributed by atoms with Gasteiger partial charge in [-0.2, -0.15) is 0 Å². The second-order valence-electron chi connectivity index (χ2n) is 6.11. The van der Waals surface area contributed by atoms with Crippen molar-refractivity contribution in [3.63, 3.8) is 0 Å². The molecular weight excluding hydrogens is 258 g/mol. The van der Waals surface area contributed by atoms with Gasteiger partial charge in [0.25, 0.3) is 0 Å². The van der Waals surface area contributed by atoms with Crippen molar-refractivity contribution in [2.45, 2.75) is 52.5 Å². The fourth-order valence-corrected chi connectivity index (χ4v) is 2.46. The van der Waals surface area contributed by atoms with E-state index in [-0.39, 0.29) is 0 Å². The largest absolute Gasteiger partial charge is 0.461 e. The van der Waals surface area contributed by atoms with Crippen LogP contribution in [0.3, 0.4) is 0 Å². The van der Waals surface area contributed by atoms with E-state index in [1.54, 1.807) is 0 Å². The molecule has 0 saturated carbocycles. The Morgan fingerprint density at radius 1 is 1.10 bits per heavy atom. The summed E-state index contributed by atoms with van der Waals surface area (Å²) in [5.74, 6) is 2.56. The molecule has 0 aliphatic heterocycles. The summed E-state index contributed by atoms with van der Waals surface area (Å²) < 4.78 is 6.02. The minimum absolute atomic E-state index is 0.450. The van der Waals surface area contributed by atoms with Crippen molar-refractivity contribution in [2.24, 2.45) is 0 Å². The molecule has 0 spiro atoms. The molecule has 114 valence electrons. The molecular formula is C19H27NO. The van der Waals surface area contributed by atoms with Gasteiger partial charge in [-0.1, -0.05) is 39.0 Å². The summed E-state index contributed by atoms with van der Waals surface area (Å²) >= 11 is 0. The summed E-state index contributed by atoms with van der Waals surface area (Å²) in [6, 6.07) is 13.3. The first-order chi connectivity index (χ1) is 10.1. The highest BCUT2D eigenvalue weighted by Gasteiger charge is 2.09. The fourth-order valence-electron chi connectivity index (χ4n) is 2.46. The molecule has 21 heavy (non-hydrogen) atoms. The molecule has 1 heterocycles. The molecule has 1 unspecified atom stereocenters. The zero-order valence-electron chi connectivity index (χ0n) is 13.6. The van der Waals surface area contributed by atoms with Crippen LogP contribution < -0.4 is 5.32 Å². The second kappa shape index (κ2) is 7.46. The average molecular weight is 285 g/mol. The van der Waals surface area contributed by atoms with E-state index in [4.69, 9.17) is 4.42 Å². The molecule has 0 radical (unpaired) electrons. The lowest BCUT2D eigenvalue weighted by Crippen LogP contribution is -2.28. The van der Waals surface area contributed by atoms with Crippen LogP contribution in [-0.4, -0.2) is 12.6 Å². The van der Waals surface area contributed by atoms with Crippen molar-refractivity contribution in [3.8, 4) is 11.3 Å². The molecule has 2 nitrogen and oxygen atoms in total. The maximum absolute atomic E-state index is 6.02. The SMILES string of the molecule is CCCNC(C)Cc1ccc(-c2cccc(C(C)C)c2)o1. The van der Waals surface area contributed by atoms with Crippen molar-refractivity contribution in [1.82, 2.24) is 5.32 Å². The molecule has 2 heteroatoms. The summed E-state index contributed by atoms with van der Waals surface area (Å²) in [6.07, 6.45) is 2.10. The van der Waals surface area contributed by atoms with E-state index in [0.717, 1.165) is 30.9 Å². The van der Waals surface area contributed by atoms with Gasteiger partial charge < -0.3 is 9.73 Å². The maximum Gasteiger partial charge on any atom is 0.134 e. The van der Waals surface area contributed by atoms with Gasteiger partial charge in [-0.3, -0.25) is 0 Å². The van der Waals surface area contributed by atoms with Crippen LogP contribution in [0.4, 0.5) is 0 Å². The Hall–Kier alpha value is -1.54. The molecule has 1 aromatic heterocycles. The third kappa shape index (κ3) is 4.47. The van der Waals surface area contributed by atoms with Gasteiger partial charge in [0.1, 0.15) is 11.5 Å². The van der Waals surface area contributed by atoms with E-state index < -0.39 is 0 Å². The molecule has 1 N–H and O–H groups in total. The van der Waals surface area contributed by atoms with Crippen LogP contribution >= 0.6 is 0 Å². The van der Waals surface area contributed by atoms with Gasteiger partial charge >= 0.3 is 0 Å². The first kappa shape index (κ1) is 15.8. The lowest BCUT2D eigenvalue weighted by molar-refractivity contribution is 0.464. The first-order valence-corrected chi connectivity index (χ1v) is 8.02. The standard InChI is InChI=1S/C19H27NO/c1-5-11-20-15(4)12-18-9-10-19(21-18)17-8-6-7-16(13-17)14(2)3/h6-10,13-15,20H,5,11-12H2,1-4H3. The fraction of sp³-hybridized carbons (Fsp3) is 0.474. The maximum atomic E-state index is 6.02. The molecule has 0 aliphatic carbocycles. The van der Waals surface area contributed by atoms with Crippen molar-refractivity contribution >= 4 is 0 Å². The van der Waals surface area contributed by atoms with Crippen LogP contribution in [0.2, 0.25) is 0 Å². The lowest BCUT2D eigenvalue weighted by Gasteiger charge is -2.11. The number of nitrogens with one attached hydrogen (secondary N) is 1. The summed E-state index contributed by atoms with van der Waals surface area (Å²) in [7, 11) is 0. The quantitative estimate of drug-likeness (QED) is 0.774. The van der Waals surface area contributed by atoms with Crippen molar-refractivity contribution in [3.05, 3.63) is 47.7 Å². The lowest BCUT2D eigenvalue weighted by atomic mass is 10.0. The minimum Gasteiger partial charge on any atom is -0.461 e. The number of hydrogen-bond donors (Lipinski definition) is 1. The zero-order valence-corrected chi connectivity index (χ0v) is 13.6. The summed E-state index contributed by atoms with van der Waals surface area (Å²) in [5.41, 5.74) is 2.52. The Bertz CT molecular complexity index is 556. The highest BCUT2D eigenvalue weighted by Crippen LogP contribution is 2.26. The normalized spacial score (nSPS) is 12.8. The van der Waals surface area contributed by atoms with E-state index in [1.165, 1.54) is 11.1 Å². The number of rotatable bonds is 7. The Labute approximate surface area is 128 Å². The number of furan rings is 1. The van der Waals surface area contributed by atoms with Crippen molar-refractivity contribution < 1.29 is 4.42 Å². The molecule has 2 rings (SSSR count). The van der Waals surface area contributed by atoms with Gasteiger partial charge in [-0.05, 0) is 49.6 Å². The highest BCUT2D eigenvalue weighted by atomic mass is 16.3. The molecule has 0 saturated heterocycles. The number of hydrogen-bond acceptors (Lipinski definition) is 2.